The van der Waals surface area contributed by atoms with Gasteiger partial charge in [-0.25, -0.2) is 4.68 Å². The van der Waals surface area contributed by atoms with Crippen molar-refractivity contribution in [1.82, 2.24) is 9.78 Å². The topological polar surface area (TPSA) is 17.8 Å². The number of nitrogens with zero attached hydrogens (tertiary/aromatic N) is 2. The maximum atomic E-state index is 6.09. The number of para-hydroxylation sites is 1. The van der Waals surface area contributed by atoms with Crippen molar-refractivity contribution in [2.75, 3.05) is 0 Å². The predicted octanol–water partition coefficient (Wildman–Crippen LogP) is 3.65. The van der Waals surface area contributed by atoms with Gasteiger partial charge in [0.1, 0.15) is 0 Å². The van der Waals surface area contributed by atoms with E-state index < -0.39 is 0 Å². The summed E-state index contributed by atoms with van der Waals surface area (Å²) in [5.41, 5.74) is 2.14. The van der Waals surface area contributed by atoms with Gasteiger partial charge >= 0.3 is 0 Å². The van der Waals surface area contributed by atoms with E-state index in [1.807, 2.05) is 41.3 Å². The number of hydrogen-bond donors (Lipinski definition) is 0. The number of aromatic nitrogens is 2. The van der Waals surface area contributed by atoms with Crippen molar-refractivity contribution in [3.63, 3.8) is 0 Å². The van der Waals surface area contributed by atoms with Gasteiger partial charge in [-0.1, -0.05) is 37.6 Å². The van der Waals surface area contributed by atoms with E-state index in [-0.39, 0.29) is 0 Å². The molecule has 0 N–H and O–H groups in total. The second-order valence-corrected chi connectivity index (χ2v) is 4.23. The highest BCUT2D eigenvalue weighted by Gasteiger charge is 2.06. The Morgan fingerprint density at radius 2 is 2.00 bits per heavy atom. The van der Waals surface area contributed by atoms with Crippen molar-refractivity contribution in [1.29, 1.82) is 0 Å². The minimum atomic E-state index is 0.487. The van der Waals surface area contributed by atoms with Crippen LogP contribution in [0.5, 0.6) is 0 Å². The minimum absolute atomic E-state index is 0.487. The standard InChI is InChI=1S/C12H13ClN2/c1-9(2)10-7-14-15(8-10)12-6-4-3-5-11(12)13/h3-9H,1-2H3. The largest absolute Gasteiger partial charge is 0.239 e. The van der Waals surface area contributed by atoms with Gasteiger partial charge in [0, 0.05) is 6.20 Å². The van der Waals surface area contributed by atoms with Gasteiger partial charge in [0.2, 0.25) is 0 Å². The summed E-state index contributed by atoms with van der Waals surface area (Å²) in [6.45, 7) is 4.29. The fraction of sp³-hybridized carbons (Fsp3) is 0.250. The van der Waals surface area contributed by atoms with Gasteiger partial charge in [0.05, 0.1) is 16.9 Å². The molecule has 0 aliphatic carbocycles. The van der Waals surface area contributed by atoms with E-state index in [1.54, 1.807) is 0 Å². The van der Waals surface area contributed by atoms with Gasteiger partial charge in [-0.2, -0.15) is 5.10 Å². The number of rotatable bonds is 2. The van der Waals surface area contributed by atoms with Crippen LogP contribution in [0.15, 0.2) is 36.7 Å². The summed E-state index contributed by atoms with van der Waals surface area (Å²) >= 11 is 6.09. The van der Waals surface area contributed by atoms with Crippen LogP contribution in [-0.2, 0) is 0 Å². The summed E-state index contributed by atoms with van der Waals surface area (Å²) in [5, 5.41) is 5.02. The Hall–Kier alpha value is -1.28. The van der Waals surface area contributed by atoms with Crippen LogP contribution in [0, 0.1) is 0 Å². The molecule has 0 spiro atoms. The maximum Gasteiger partial charge on any atom is 0.0831 e. The van der Waals surface area contributed by atoms with Crippen LogP contribution in [0.1, 0.15) is 25.3 Å². The first-order chi connectivity index (χ1) is 7.18. The molecule has 2 aromatic rings. The molecule has 0 unspecified atom stereocenters. The number of halogens is 1. The lowest BCUT2D eigenvalue weighted by Crippen LogP contribution is -1.94. The molecule has 0 amide bonds. The molecule has 0 saturated heterocycles. The van der Waals surface area contributed by atoms with Gasteiger partial charge in [0.15, 0.2) is 0 Å². The van der Waals surface area contributed by atoms with Crippen LogP contribution in [0.25, 0.3) is 5.69 Å². The third-order valence-corrected chi connectivity index (χ3v) is 2.69. The molecule has 78 valence electrons. The molecular weight excluding hydrogens is 208 g/mol. The first-order valence-electron chi connectivity index (χ1n) is 4.98. The van der Waals surface area contributed by atoms with Gasteiger partial charge in [-0.3, -0.25) is 0 Å². The van der Waals surface area contributed by atoms with E-state index in [0.717, 1.165) is 10.7 Å². The molecule has 2 rings (SSSR count). The zero-order chi connectivity index (χ0) is 10.8. The normalized spacial score (nSPS) is 10.9. The van der Waals surface area contributed by atoms with E-state index in [1.165, 1.54) is 5.56 Å². The monoisotopic (exact) mass is 220 g/mol. The Bertz CT molecular complexity index is 460. The van der Waals surface area contributed by atoms with E-state index in [9.17, 15) is 0 Å². The van der Waals surface area contributed by atoms with Gasteiger partial charge in [-0.05, 0) is 23.6 Å². The van der Waals surface area contributed by atoms with Crippen molar-refractivity contribution in [2.45, 2.75) is 19.8 Å². The molecule has 0 radical (unpaired) electrons. The molecule has 15 heavy (non-hydrogen) atoms. The number of benzene rings is 1. The first kappa shape index (κ1) is 10.2. The molecule has 1 aromatic carbocycles. The Morgan fingerprint density at radius 3 is 2.60 bits per heavy atom. The third kappa shape index (κ3) is 2.05. The van der Waals surface area contributed by atoms with Crippen molar-refractivity contribution in [3.8, 4) is 5.69 Å². The lowest BCUT2D eigenvalue weighted by Gasteiger charge is -2.03. The summed E-state index contributed by atoms with van der Waals surface area (Å²) in [4.78, 5) is 0. The Morgan fingerprint density at radius 1 is 1.27 bits per heavy atom. The average Bonchev–Trinajstić information content (AvgIpc) is 2.67. The van der Waals surface area contributed by atoms with Gasteiger partial charge in [-0.15, -0.1) is 0 Å². The zero-order valence-electron chi connectivity index (χ0n) is 8.81. The Kier molecular flexibility index (Phi) is 2.78. The van der Waals surface area contributed by atoms with E-state index >= 15 is 0 Å². The van der Waals surface area contributed by atoms with Crippen molar-refractivity contribution in [2.24, 2.45) is 0 Å². The SMILES string of the molecule is CC(C)c1cnn(-c2ccccc2Cl)c1. The van der Waals surface area contributed by atoms with Crippen LogP contribution in [-0.4, -0.2) is 9.78 Å². The molecule has 0 atom stereocenters. The highest BCUT2D eigenvalue weighted by molar-refractivity contribution is 6.32. The second kappa shape index (κ2) is 4.07. The molecule has 0 aliphatic heterocycles. The third-order valence-electron chi connectivity index (χ3n) is 2.37. The van der Waals surface area contributed by atoms with Crippen molar-refractivity contribution < 1.29 is 0 Å². The summed E-state index contributed by atoms with van der Waals surface area (Å²) < 4.78 is 1.82. The lowest BCUT2D eigenvalue weighted by molar-refractivity contribution is 0.858. The van der Waals surface area contributed by atoms with Gasteiger partial charge in [0.25, 0.3) is 0 Å². The first-order valence-corrected chi connectivity index (χ1v) is 5.36. The highest BCUT2D eigenvalue weighted by Crippen LogP contribution is 2.21. The smallest absolute Gasteiger partial charge is 0.0831 e. The van der Waals surface area contributed by atoms with Crippen LogP contribution >= 0.6 is 11.6 Å². The molecule has 0 bridgehead atoms. The van der Waals surface area contributed by atoms with Crippen molar-refractivity contribution in [3.05, 3.63) is 47.2 Å². The lowest BCUT2D eigenvalue weighted by atomic mass is 10.1. The molecule has 3 heteroatoms. The fourth-order valence-corrected chi connectivity index (χ4v) is 1.63. The van der Waals surface area contributed by atoms with Crippen LogP contribution in [0.2, 0.25) is 5.02 Å². The van der Waals surface area contributed by atoms with Crippen molar-refractivity contribution >= 4 is 11.6 Å². The van der Waals surface area contributed by atoms with Crippen LogP contribution < -0.4 is 0 Å². The summed E-state index contributed by atoms with van der Waals surface area (Å²) in [6, 6.07) is 7.70. The van der Waals surface area contributed by atoms with E-state index in [2.05, 4.69) is 18.9 Å². The molecule has 1 heterocycles. The quantitative estimate of drug-likeness (QED) is 0.756. The summed E-state index contributed by atoms with van der Waals surface area (Å²) in [6.07, 6.45) is 3.90. The highest BCUT2D eigenvalue weighted by atomic mass is 35.5. The predicted molar refractivity (Wildman–Crippen MR) is 62.7 cm³/mol. The molecule has 0 fully saturated rings. The number of hydrogen-bond acceptors (Lipinski definition) is 1. The molecule has 2 nitrogen and oxygen atoms in total. The molecule has 0 aliphatic rings. The van der Waals surface area contributed by atoms with Gasteiger partial charge < -0.3 is 0 Å². The summed E-state index contributed by atoms with van der Waals surface area (Å²) in [5.74, 6) is 0.487. The second-order valence-electron chi connectivity index (χ2n) is 3.82. The van der Waals surface area contributed by atoms with E-state index in [4.69, 9.17) is 11.6 Å². The maximum absolute atomic E-state index is 6.09. The van der Waals surface area contributed by atoms with Crippen LogP contribution in [0.4, 0.5) is 0 Å². The van der Waals surface area contributed by atoms with E-state index in [0.29, 0.717) is 5.92 Å². The zero-order valence-corrected chi connectivity index (χ0v) is 9.57. The van der Waals surface area contributed by atoms with Crippen LogP contribution in [0.3, 0.4) is 0 Å². The molecular formula is C12H13ClN2. The molecule has 0 saturated carbocycles. The minimum Gasteiger partial charge on any atom is -0.239 e. The molecule has 1 aromatic heterocycles. The summed E-state index contributed by atoms with van der Waals surface area (Å²) in [7, 11) is 0. The Labute approximate surface area is 94.5 Å². The average molecular weight is 221 g/mol. The Balaban J connectivity index is 2.42. The fourth-order valence-electron chi connectivity index (χ4n) is 1.40.